The lowest BCUT2D eigenvalue weighted by molar-refractivity contribution is -0.115. The van der Waals surface area contributed by atoms with Crippen LogP contribution in [0.5, 0.6) is 5.75 Å². The van der Waals surface area contributed by atoms with Crippen LogP contribution in [0.4, 0.5) is 5.69 Å². The van der Waals surface area contributed by atoms with Crippen LogP contribution in [0.1, 0.15) is 37.7 Å². The zero-order valence-electron chi connectivity index (χ0n) is 10.7. The van der Waals surface area contributed by atoms with Crippen LogP contribution >= 0.6 is 0 Å². The minimum Gasteiger partial charge on any atom is -0.506 e. The maximum Gasteiger partial charge on any atom is 0.160 e. The Morgan fingerprint density at radius 1 is 1.22 bits per heavy atom. The highest BCUT2D eigenvalue weighted by Crippen LogP contribution is 2.25. The maximum atomic E-state index is 11.8. The van der Waals surface area contributed by atoms with Crippen LogP contribution in [0, 0.1) is 6.92 Å². The van der Waals surface area contributed by atoms with Gasteiger partial charge in [0, 0.05) is 18.2 Å². The molecule has 18 heavy (non-hydrogen) atoms. The summed E-state index contributed by atoms with van der Waals surface area (Å²) in [5.74, 6) is 0.436. The van der Waals surface area contributed by atoms with Crippen molar-refractivity contribution in [3.8, 4) is 5.75 Å². The third-order valence-electron chi connectivity index (χ3n) is 3.26. The maximum absolute atomic E-state index is 11.8. The van der Waals surface area contributed by atoms with Crippen LogP contribution < -0.4 is 5.32 Å². The molecule has 0 spiro atoms. The molecule has 1 aliphatic rings. The molecule has 2 rings (SSSR count). The van der Waals surface area contributed by atoms with Crippen molar-refractivity contribution >= 4 is 11.5 Å². The summed E-state index contributed by atoms with van der Waals surface area (Å²) in [7, 11) is 0. The molecule has 96 valence electrons. The SMILES string of the molecule is Cc1ccc(O)c(N/C=C2\CCCCCC2=O)c1. The van der Waals surface area contributed by atoms with Crippen LogP contribution in [-0.2, 0) is 4.79 Å². The molecule has 1 saturated carbocycles. The van der Waals surface area contributed by atoms with Crippen molar-refractivity contribution in [3.63, 3.8) is 0 Å². The van der Waals surface area contributed by atoms with Gasteiger partial charge in [0.05, 0.1) is 5.69 Å². The number of carbonyl (C=O) groups is 1. The summed E-state index contributed by atoms with van der Waals surface area (Å²) in [6.07, 6.45) is 6.41. The molecule has 0 amide bonds. The lowest BCUT2D eigenvalue weighted by Gasteiger charge is -2.07. The molecule has 0 atom stereocenters. The highest BCUT2D eigenvalue weighted by molar-refractivity contribution is 5.95. The number of anilines is 1. The number of ketones is 1. The number of carbonyl (C=O) groups excluding carboxylic acids is 1. The van der Waals surface area contributed by atoms with Crippen molar-refractivity contribution < 1.29 is 9.90 Å². The number of allylic oxidation sites excluding steroid dienone is 1. The van der Waals surface area contributed by atoms with Crippen molar-refractivity contribution in [1.29, 1.82) is 0 Å². The van der Waals surface area contributed by atoms with Gasteiger partial charge in [-0.3, -0.25) is 4.79 Å². The van der Waals surface area contributed by atoms with E-state index >= 15 is 0 Å². The molecule has 0 aromatic heterocycles. The van der Waals surface area contributed by atoms with Gasteiger partial charge in [-0.15, -0.1) is 0 Å². The summed E-state index contributed by atoms with van der Waals surface area (Å²) in [5.41, 5.74) is 2.56. The predicted molar refractivity (Wildman–Crippen MR) is 72.6 cm³/mol. The van der Waals surface area contributed by atoms with Crippen molar-refractivity contribution in [2.75, 3.05) is 5.32 Å². The Bertz CT molecular complexity index is 477. The monoisotopic (exact) mass is 245 g/mol. The first-order valence-corrected chi connectivity index (χ1v) is 6.45. The Balaban J connectivity index is 2.13. The second-order valence-corrected chi connectivity index (χ2v) is 4.82. The summed E-state index contributed by atoms with van der Waals surface area (Å²) >= 11 is 0. The van der Waals surface area contributed by atoms with Crippen molar-refractivity contribution in [2.24, 2.45) is 0 Å². The quantitative estimate of drug-likeness (QED) is 0.476. The molecule has 0 radical (unpaired) electrons. The van der Waals surface area contributed by atoms with E-state index in [4.69, 9.17) is 0 Å². The van der Waals surface area contributed by atoms with Gasteiger partial charge in [-0.1, -0.05) is 12.5 Å². The van der Waals surface area contributed by atoms with E-state index in [9.17, 15) is 9.90 Å². The van der Waals surface area contributed by atoms with Gasteiger partial charge in [-0.25, -0.2) is 0 Å². The number of benzene rings is 1. The molecule has 0 aliphatic heterocycles. The minimum atomic E-state index is 0.207. The fraction of sp³-hybridized carbons (Fsp3) is 0.400. The Labute approximate surface area is 108 Å². The van der Waals surface area contributed by atoms with Crippen molar-refractivity contribution in [3.05, 3.63) is 35.5 Å². The number of nitrogens with one attached hydrogen (secondary N) is 1. The summed E-state index contributed by atoms with van der Waals surface area (Å²) < 4.78 is 0. The van der Waals surface area contributed by atoms with Gasteiger partial charge in [-0.05, 0) is 43.9 Å². The average molecular weight is 245 g/mol. The van der Waals surface area contributed by atoms with E-state index in [2.05, 4.69) is 5.32 Å². The molecule has 0 heterocycles. The standard InChI is InChI=1S/C15H19NO2/c1-11-7-8-15(18)13(9-11)16-10-12-5-3-2-4-6-14(12)17/h7-10,16,18H,2-6H2,1H3/b12-10+. The van der Waals surface area contributed by atoms with E-state index in [0.717, 1.165) is 36.8 Å². The number of aromatic hydroxyl groups is 1. The second-order valence-electron chi connectivity index (χ2n) is 4.82. The van der Waals surface area contributed by atoms with Crippen molar-refractivity contribution in [2.45, 2.75) is 39.0 Å². The molecule has 2 N–H and O–H groups in total. The molecular formula is C15H19NO2. The van der Waals surface area contributed by atoms with Gasteiger partial charge in [0.1, 0.15) is 5.75 Å². The topological polar surface area (TPSA) is 49.3 Å². The fourth-order valence-corrected chi connectivity index (χ4v) is 2.16. The van der Waals surface area contributed by atoms with E-state index in [1.54, 1.807) is 12.3 Å². The summed E-state index contributed by atoms with van der Waals surface area (Å²) in [6.45, 7) is 1.97. The van der Waals surface area contributed by atoms with Gasteiger partial charge < -0.3 is 10.4 Å². The summed E-state index contributed by atoms with van der Waals surface area (Å²) in [4.78, 5) is 11.8. The number of phenolic OH excluding ortho intramolecular Hbond substituents is 1. The molecule has 1 aliphatic carbocycles. The Kier molecular flexibility index (Phi) is 4.03. The molecule has 1 aromatic carbocycles. The number of hydrogen-bond donors (Lipinski definition) is 2. The Morgan fingerprint density at radius 2 is 2.00 bits per heavy atom. The molecule has 0 saturated heterocycles. The van der Waals surface area contributed by atoms with E-state index in [1.165, 1.54) is 0 Å². The van der Waals surface area contributed by atoms with Gasteiger partial charge in [0.15, 0.2) is 5.78 Å². The zero-order valence-corrected chi connectivity index (χ0v) is 10.7. The predicted octanol–water partition coefficient (Wildman–Crippen LogP) is 3.53. The van der Waals surface area contributed by atoms with Crippen LogP contribution in [0.3, 0.4) is 0 Å². The number of phenols is 1. The van der Waals surface area contributed by atoms with Gasteiger partial charge in [0.2, 0.25) is 0 Å². The second kappa shape index (κ2) is 5.71. The van der Waals surface area contributed by atoms with Crippen LogP contribution in [0.15, 0.2) is 30.0 Å². The lowest BCUT2D eigenvalue weighted by atomic mass is 10.1. The molecule has 1 aromatic rings. The first kappa shape index (κ1) is 12.7. The van der Waals surface area contributed by atoms with Gasteiger partial charge in [0.25, 0.3) is 0 Å². The first-order valence-electron chi connectivity index (χ1n) is 6.45. The van der Waals surface area contributed by atoms with Crippen LogP contribution in [0.25, 0.3) is 0 Å². The van der Waals surface area contributed by atoms with E-state index in [-0.39, 0.29) is 11.5 Å². The zero-order chi connectivity index (χ0) is 13.0. The minimum absolute atomic E-state index is 0.207. The van der Waals surface area contributed by atoms with Crippen LogP contribution in [0.2, 0.25) is 0 Å². The normalized spacial score (nSPS) is 18.7. The third-order valence-corrected chi connectivity index (χ3v) is 3.26. The molecular weight excluding hydrogens is 226 g/mol. The summed E-state index contributed by atoms with van der Waals surface area (Å²) in [6, 6.07) is 5.38. The molecule has 0 unspecified atom stereocenters. The Morgan fingerprint density at radius 3 is 2.83 bits per heavy atom. The third kappa shape index (κ3) is 3.13. The largest absolute Gasteiger partial charge is 0.506 e. The number of Topliss-reactive ketones (excluding diaryl/α,β-unsaturated/α-hetero) is 1. The van der Waals surface area contributed by atoms with E-state index in [1.807, 2.05) is 19.1 Å². The number of rotatable bonds is 2. The Hall–Kier alpha value is -1.77. The smallest absolute Gasteiger partial charge is 0.160 e. The van der Waals surface area contributed by atoms with E-state index in [0.29, 0.717) is 12.1 Å². The molecule has 3 nitrogen and oxygen atoms in total. The number of aryl methyl sites for hydroxylation is 1. The molecule has 3 heteroatoms. The summed E-state index contributed by atoms with van der Waals surface area (Å²) in [5, 5.41) is 12.8. The highest BCUT2D eigenvalue weighted by atomic mass is 16.3. The van der Waals surface area contributed by atoms with Crippen LogP contribution in [-0.4, -0.2) is 10.9 Å². The highest BCUT2D eigenvalue weighted by Gasteiger charge is 2.13. The average Bonchev–Trinajstić information content (AvgIpc) is 2.55. The first-order chi connectivity index (χ1) is 8.66. The van der Waals surface area contributed by atoms with Crippen molar-refractivity contribution in [1.82, 2.24) is 0 Å². The van der Waals surface area contributed by atoms with E-state index < -0.39 is 0 Å². The molecule has 1 fully saturated rings. The van der Waals surface area contributed by atoms with Gasteiger partial charge >= 0.3 is 0 Å². The fourth-order valence-electron chi connectivity index (χ4n) is 2.16. The molecule has 0 bridgehead atoms. The lowest BCUT2D eigenvalue weighted by Crippen LogP contribution is -2.02. The van der Waals surface area contributed by atoms with Gasteiger partial charge in [-0.2, -0.15) is 0 Å². The number of hydrogen-bond acceptors (Lipinski definition) is 3.